The first-order chi connectivity index (χ1) is 16.0. The van der Waals surface area contributed by atoms with Gasteiger partial charge < -0.3 is 9.47 Å². The predicted molar refractivity (Wildman–Crippen MR) is 133 cm³/mol. The summed E-state index contributed by atoms with van der Waals surface area (Å²) in [6.07, 6.45) is 3.97. The van der Waals surface area contributed by atoms with Gasteiger partial charge in [-0.25, -0.2) is 0 Å². The van der Waals surface area contributed by atoms with Crippen LogP contribution in [-0.4, -0.2) is 42.1 Å². The third-order valence-corrected chi connectivity index (χ3v) is 6.53. The fraction of sp³-hybridized carbons (Fsp3) is 0.370. The highest BCUT2D eigenvalue weighted by atomic mass is 35.5. The summed E-state index contributed by atoms with van der Waals surface area (Å²) < 4.78 is 13.0. The number of halogens is 1. The molecule has 2 atom stereocenters. The maximum atomic E-state index is 11.2. The topological polar surface area (TPSA) is 51.4 Å². The molecule has 174 valence electrons. The number of rotatable bonds is 4. The minimum atomic E-state index is 0.515. The summed E-state index contributed by atoms with van der Waals surface area (Å²) in [7, 11) is 1.64. The quantitative estimate of drug-likeness (QED) is 0.273. The van der Waals surface area contributed by atoms with E-state index in [1.165, 1.54) is 5.56 Å². The van der Waals surface area contributed by atoms with E-state index in [0.717, 1.165) is 53.2 Å². The Morgan fingerprint density at radius 2 is 1.97 bits per heavy atom. The summed E-state index contributed by atoms with van der Waals surface area (Å²) in [6.45, 7) is 8.86. The van der Waals surface area contributed by atoms with Crippen molar-refractivity contribution in [3.05, 3.63) is 70.9 Å². The van der Waals surface area contributed by atoms with Crippen LogP contribution in [0.5, 0.6) is 5.75 Å². The fourth-order valence-corrected chi connectivity index (χ4v) is 4.32. The van der Waals surface area contributed by atoms with Crippen molar-refractivity contribution >= 4 is 34.9 Å². The van der Waals surface area contributed by atoms with Crippen molar-refractivity contribution in [1.29, 1.82) is 0 Å². The van der Waals surface area contributed by atoms with E-state index in [2.05, 4.69) is 23.4 Å². The molecular weight excluding hydrogens is 436 g/mol. The summed E-state index contributed by atoms with van der Waals surface area (Å²) >= 11 is 5.61. The predicted octanol–water partition coefficient (Wildman–Crippen LogP) is 5.89. The Hall–Kier alpha value is -2.92. The lowest BCUT2D eigenvalue weighted by Gasteiger charge is -2.26. The molecule has 0 saturated carbocycles. The van der Waals surface area contributed by atoms with Gasteiger partial charge in [-0.2, -0.15) is 4.58 Å². The van der Waals surface area contributed by atoms with Gasteiger partial charge >= 0.3 is 12.4 Å². The molecule has 0 radical (unpaired) electrons. The molecule has 5 nitrogen and oxygen atoms in total. The van der Waals surface area contributed by atoms with Crippen LogP contribution in [0.25, 0.3) is 10.9 Å². The second kappa shape index (κ2) is 11.8. The monoisotopic (exact) mass is 467 g/mol. The molecule has 1 saturated heterocycles. The standard InChI is InChI=1S/C20H25N2O3.C7H7Cl/c1-4-15-12-22(10-8-14(15)2)20(25-13-23)17-7-9-21-19-6-5-16(24-3)11-18(17)19;1-6-2-4-7(8)5-3-6/h5-7,9,11,13-15H,4,8,10,12H2,1-3H3;2-5H,1H3/q+1;. The number of aromatic nitrogens is 1. The molecular formula is C27H32ClN2O3+. The number of pyridine rings is 1. The molecule has 2 aromatic carbocycles. The smallest absolute Gasteiger partial charge is 0.378 e. The van der Waals surface area contributed by atoms with Crippen LogP contribution < -0.4 is 4.74 Å². The minimum absolute atomic E-state index is 0.515. The van der Waals surface area contributed by atoms with E-state index in [1.807, 2.05) is 55.5 Å². The number of nitrogens with zero attached hydrogens (tertiary/aromatic N) is 2. The Morgan fingerprint density at radius 1 is 1.21 bits per heavy atom. The number of methoxy groups -OCH3 is 1. The maximum absolute atomic E-state index is 11.2. The number of aryl methyl sites for hydroxylation is 1. The first kappa shape index (κ1) is 24.7. The van der Waals surface area contributed by atoms with Crippen LogP contribution in [0.2, 0.25) is 5.02 Å². The lowest BCUT2D eigenvalue weighted by molar-refractivity contribution is -0.555. The summed E-state index contributed by atoms with van der Waals surface area (Å²) in [5.74, 6) is 2.65. The summed E-state index contributed by atoms with van der Waals surface area (Å²) in [6, 6.07) is 15.4. The van der Waals surface area contributed by atoms with Crippen molar-refractivity contribution in [2.75, 3.05) is 20.2 Å². The number of hydrogen-bond acceptors (Lipinski definition) is 4. The molecule has 1 aliphatic heterocycles. The second-order valence-electron chi connectivity index (χ2n) is 8.44. The number of piperidine rings is 1. The van der Waals surface area contributed by atoms with Crippen LogP contribution in [0.4, 0.5) is 0 Å². The zero-order valence-corrected chi connectivity index (χ0v) is 20.5. The third kappa shape index (κ3) is 6.32. The summed E-state index contributed by atoms with van der Waals surface area (Å²) in [5.41, 5.74) is 2.97. The van der Waals surface area contributed by atoms with E-state index in [9.17, 15) is 4.79 Å². The van der Waals surface area contributed by atoms with Crippen LogP contribution in [0.1, 0.15) is 37.8 Å². The lowest BCUT2D eigenvalue weighted by Crippen LogP contribution is -2.37. The summed E-state index contributed by atoms with van der Waals surface area (Å²) in [4.78, 5) is 15.6. The van der Waals surface area contributed by atoms with Crippen LogP contribution in [0.3, 0.4) is 0 Å². The zero-order valence-electron chi connectivity index (χ0n) is 19.8. The molecule has 0 amide bonds. The van der Waals surface area contributed by atoms with Crippen molar-refractivity contribution < 1.29 is 18.8 Å². The van der Waals surface area contributed by atoms with Gasteiger partial charge in [-0.3, -0.25) is 9.78 Å². The van der Waals surface area contributed by atoms with Crippen LogP contribution in [0.15, 0.2) is 54.7 Å². The third-order valence-electron chi connectivity index (χ3n) is 6.28. The lowest BCUT2D eigenvalue weighted by atomic mass is 9.86. The Balaban J connectivity index is 0.000000323. The first-order valence-electron chi connectivity index (χ1n) is 11.3. The fourth-order valence-electron chi connectivity index (χ4n) is 4.19. The van der Waals surface area contributed by atoms with Crippen molar-refractivity contribution in [3.63, 3.8) is 0 Å². The SMILES string of the molecule is CCC1C[N+](=C(OC=O)c2ccnc3ccc(OC)cc23)CCC1C.Cc1ccc(Cl)cc1. The number of hydrogen-bond donors (Lipinski definition) is 0. The van der Waals surface area contributed by atoms with E-state index < -0.39 is 0 Å². The Kier molecular flexibility index (Phi) is 8.84. The number of carbonyl (C=O) groups is 1. The van der Waals surface area contributed by atoms with Gasteiger partial charge in [0.2, 0.25) is 0 Å². The molecule has 0 aliphatic carbocycles. The summed E-state index contributed by atoms with van der Waals surface area (Å²) in [5, 5.41) is 1.72. The molecule has 4 rings (SSSR count). The molecule has 33 heavy (non-hydrogen) atoms. The van der Waals surface area contributed by atoms with Crippen LogP contribution in [0, 0.1) is 18.8 Å². The molecule has 6 heteroatoms. The van der Waals surface area contributed by atoms with E-state index in [-0.39, 0.29) is 0 Å². The molecule has 1 aliphatic rings. The normalized spacial score (nSPS) is 19.3. The number of fused-ring (bicyclic) bond motifs is 1. The number of benzene rings is 2. The highest BCUT2D eigenvalue weighted by Gasteiger charge is 2.32. The molecule has 1 aromatic heterocycles. The largest absolute Gasteiger partial charge is 0.497 e. The molecule has 1 fully saturated rings. The number of carbonyl (C=O) groups excluding carboxylic acids is 1. The molecule has 0 N–H and O–H groups in total. The average molecular weight is 468 g/mol. The van der Waals surface area contributed by atoms with Crippen LogP contribution in [-0.2, 0) is 9.53 Å². The van der Waals surface area contributed by atoms with E-state index in [4.69, 9.17) is 21.1 Å². The second-order valence-corrected chi connectivity index (χ2v) is 8.87. The highest BCUT2D eigenvalue weighted by molar-refractivity contribution is 6.30. The minimum Gasteiger partial charge on any atom is -0.497 e. The molecule has 2 heterocycles. The van der Waals surface area contributed by atoms with Gasteiger partial charge in [0.05, 0.1) is 18.2 Å². The van der Waals surface area contributed by atoms with Crippen molar-refractivity contribution in [3.8, 4) is 5.75 Å². The van der Waals surface area contributed by atoms with Gasteiger partial charge in [0.15, 0.2) is 0 Å². The Morgan fingerprint density at radius 3 is 2.61 bits per heavy atom. The van der Waals surface area contributed by atoms with E-state index in [1.54, 1.807) is 13.3 Å². The van der Waals surface area contributed by atoms with Gasteiger partial charge in [0.1, 0.15) is 18.8 Å². The molecule has 0 bridgehead atoms. The van der Waals surface area contributed by atoms with Crippen molar-refractivity contribution in [1.82, 2.24) is 4.98 Å². The van der Waals surface area contributed by atoms with Gasteiger partial charge in [-0.05, 0) is 55.7 Å². The Bertz CT molecular complexity index is 1090. The molecule has 3 aromatic rings. The maximum Gasteiger partial charge on any atom is 0.378 e. The van der Waals surface area contributed by atoms with Crippen molar-refractivity contribution in [2.24, 2.45) is 11.8 Å². The van der Waals surface area contributed by atoms with Gasteiger partial charge in [0, 0.05) is 28.9 Å². The van der Waals surface area contributed by atoms with Gasteiger partial charge in [-0.15, -0.1) is 0 Å². The van der Waals surface area contributed by atoms with Gasteiger partial charge in [-0.1, -0.05) is 43.1 Å². The first-order valence-corrected chi connectivity index (χ1v) is 11.7. The van der Waals surface area contributed by atoms with E-state index >= 15 is 0 Å². The van der Waals surface area contributed by atoms with Crippen LogP contribution >= 0.6 is 11.6 Å². The van der Waals surface area contributed by atoms with Gasteiger partial charge in [0.25, 0.3) is 0 Å². The average Bonchev–Trinajstić information content (AvgIpc) is 2.84. The number of ether oxygens (including phenoxy) is 2. The molecule has 2 unspecified atom stereocenters. The Labute approximate surface area is 201 Å². The zero-order chi connectivity index (χ0) is 23.8. The van der Waals surface area contributed by atoms with E-state index in [0.29, 0.717) is 24.2 Å². The van der Waals surface area contributed by atoms with Crippen molar-refractivity contribution in [2.45, 2.75) is 33.6 Å². The highest BCUT2D eigenvalue weighted by Crippen LogP contribution is 2.27. The molecule has 0 spiro atoms.